The number of rotatable bonds is 9. The van der Waals surface area contributed by atoms with Gasteiger partial charge >= 0.3 is 29.9 Å². The molecule has 0 fully saturated rings. The van der Waals surface area contributed by atoms with Gasteiger partial charge in [-0.05, 0) is 0 Å². The van der Waals surface area contributed by atoms with Crippen molar-refractivity contribution in [1.82, 2.24) is 0 Å². The average molecular weight is 366 g/mol. The highest BCUT2D eigenvalue weighted by Gasteiger charge is 2.45. The minimum atomic E-state index is -2.29. The number of hydrogen-bond donors (Lipinski definition) is 1. The summed E-state index contributed by atoms with van der Waals surface area (Å²) in [5.74, 6) is -3.91. The largest absolute Gasteiger partial charge is 0.463 e. The molecule has 0 amide bonds. The number of carbonyl (C=O) groups is 5. The van der Waals surface area contributed by atoms with Crippen molar-refractivity contribution in [3.63, 3.8) is 0 Å². The average Bonchev–Trinajstić information content (AvgIpc) is 2.45. The lowest BCUT2D eigenvalue weighted by Gasteiger charge is -2.32. The van der Waals surface area contributed by atoms with Crippen LogP contribution < -0.4 is 0 Å². The van der Waals surface area contributed by atoms with Gasteiger partial charge < -0.3 is 24.1 Å². The predicted octanol–water partition coefficient (Wildman–Crippen LogP) is -0.798. The van der Waals surface area contributed by atoms with Crippen LogP contribution in [-0.2, 0) is 42.9 Å². The van der Waals surface area contributed by atoms with Gasteiger partial charge in [0.15, 0.2) is 12.2 Å². The van der Waals surface area contributed by atoms with Crippen LogP contribution in [0.15, 0.2) is 0 Å². The molecule has 10 nitrogen and oxygen atoms in total. The second-order valence-corrected chi connectivity index (χ2v) is 4.85. The van der Waals surface area contributed by atoms with Gasteiger partial charge in [0.25, 0.3) is 0 Å². The molecule has 0 spiro atoms. The first-order chi connectivity index (χ1) is 11.5. The van der Waals surface area contributed by atoms with Crippen LogP contribution in [0.5, 0.6) is 0 Å². The molecule has 11 heteroatoms. The maximum atomic E-state index is 13.3. The molecule has 25 heavy (non-hydrogen) atoms. The van der Waals surface area contributed by atoms with Crippen LogP contribution in [0.3, 0.4) is 0 Å². The van der Waals surface area contributed by atoms with Crippen molar-refractivity contribution in [3.8, 4) is 0 Å². The third kappa shape index (κ3) is 8.74. The van der Waals surface area contributed by atoms with Crippen LogP contribution in [-0.4, -0.2) is 66.0 Å². The molecule has 0 bridgehead atoms. The first-order valence-electron chi connectivity index (χ1n) is 6.98. The molecule has 0 rings (SSSR count). The topological polar surface area (TPSA) is 143 Å². The number of carbonyl (C=O) groups excluding carboxylic acids is 5. The Hall–Kier alpha value is -2.56. The van der Waals surface area contributed by atoms with Gasteiger partial charge in [0.1, 0.15) is 12.7 Å². The van der Waals surface area contributed by atoms with E-state index in [1.807, 2.05) is 0 Å². The molecule has 0 saturated carbocycles. The van der Waals surface area contributed by atoms with Gasteiger partial charge in [-0.15, -0.1) is 0 Å². The Morgan fingerprint density at radius 3 is 1.60 bits per heavy atom. The predicted molar refractivity (Wildman–Crippen MR) is 75.4 cm³/mol. The van der Waals surface area contributed by atoms with E-state index in [9.17, 15) is 33.5 Å². The van der Waals surface area contributed by atoms with E-state index in [0.717, 1.165) is 27.7 Å². The second kappa shape index (κ2) is 10.3. The van der Waals surface area contributed by atoms with Crippen LogP contribution in [0.25, 0.3) is 0 Å². The Balaban J connectivity index is 5.74. The van der Waals surface area contributed by atoms with Crippen molar-refractivity contribution in [2.45, 2.75) is 52.1 Å². The fourth-order valence-corrected chi connectivity index (χ4v) is 1.77. The number of esters is 4. The van der Waals surface area contributed by atoms with Crippen molar-refractivity contribution in [3.05, 3.63) is 0 Å². The number of aliphatic hydroxyl groups excluding tert-OH is 1. The van der Waals surface area contributed by atoms with Gasteiger partial charge in [-0.3, -0.25) is 24.0 Å². The molecule has 142 valence electrons. The van der Waals surface area contributed by atoms with E-state index in [-0.39, 0.29) is 0 Å². The molecule has 0 aromatic carbocycles. The molecule has 0 radical (unpaired) electrons. The number of aliphatic hydroxyl groups is 1. The minimum Gasteiger partial charge on any atom is -0.463 e. The second-order valence-electron chi connectivity index (χ2n) is 4.85. The highest BCUT2D eigenvalue weighted by Crippen LogP contribution is 2.19. The molecule has 4 atom stereocenters. The highest BCUT2D eigenvalue weighted by atomic mass is 19.1. The summed E-state index contributed by atoms with van der Waals surface area (Å²) in [6.07, 6.45) is -7.97. The molecule has 0 saturated heterocycles. The van der Waals surface area contributed by atoms with Crippen LogP contribution in [0.1, 0.15) is 27.7 Å². The summed E-state index contributed by atoms with van der Waals surface area (Å²) in [5.41, 5.74) is 0. The van der Waals surface area contributed by atoms with Crippen LogP contribution >= 0.6 is 0 Å². The van der Waals surface area contributed by atoms with Gasteiger partial charge in [0.05, 0.1) is 0 Å². The molecule has 0 aromatic rings. The molecule has 1 N–H and O–H groups in total. The van der Waals surface area contributed by atoms with Gasteiger partial charge in [-0.25, -0.2) is 0 Å². The van der Waals surface area contributed by atoms with Crippen LogP contribution in [0, 0.1) is 0 Å². The van der Waals surface area contributed by atoms with Crippen molar-refractivity contribution in [2.75, 3.05) is 6.61 Å². The summed E-state index contributed by atoms with van der Waals surface area (Å²) in [6, 6.07) is -2.21. The lowest BCUT2D eigenvalue weighted by atomic mass is 10.0. The standard InChI is InChI=1S/C14H19FO10/c1-6(16)22-5-10(20)11(23-7(2)17)12(24-8(3)18)13(14(15)21)25-9(4)19/h10-13,20H,5H2,1-4H3/t10-,11-,12+,13-/m1/s1. The first kappa shape index (κ1) is 22.4. The van der Waals surface area contributed by atoms with Crippen LogP contribution in [0.4, 0.5) is 4.39 Å². The number of ether oxygens (including phenoxy) is 4. The van der Waals surface area contributed by atoms with Crippen molar-refractivity contribution < 1.29 is 52.4 Å². The SMILES string of the molecule is CC(=O)OC[C@@H](O)[C@@H](OC(C)=O)[C@H](OC(C)=O)[C@@H](OC(C)=O)C(=O)F. The Kier molecular flexibility index (Phi) is 9.28. The summed E-state index contributed by atoms with van der Waals surface area (Å²) in [4.78, 5) is 55.5. The zero-order valence-corrected chi connectivity index (χ0v) is 14.0. The van der Waals surface area contributed by atoms with Gasteiger partial charge in [-0.1, -0.05) is 0 Å². The molecule has 0 aliphatic heterocycles. The summed E-state index contributed by atoms with van der Waals surface area (Å²) in [7, 11) is 0. The number of hydrogen-bond acceptors (Lipinski definition) is 10. The maximum Gasteiger partial charge on any atom is 0.345 e. The van der Waals surface area contributed by atoms with Crippen molar-refractivity contribution in [1.29, 1.82) is 0 Å². The molecule has 0 aromatic heterocycles. The van der Waals surface area contributed by atoms with E-state index >= 15 is 0 Å². The van der Waals surface area contributed by atoms with E-state index in [1.54, 1.807) is 0 Å². The first-order valence-corrected chi connectivity index (χ1v) is 6.98. The summed E-state index contributed by atoms with van der Waals surface area (Å²) < 4.78 is 31.7. The Morgan fingerprint density at radius 2 is 1.24 bits per heavy atom. The van der Waals surface area contributed by atoms with E-state index in [0.29, 0.717) is 0 Å². The summed E-state index contributed by atoms with van der Waals surface area (Å²) >= 11 is 0. The van der Waals surface area contributed by atoms with Crippen molar-refractivity contribution in [2.24, 2.45) is 0 Å². The fraction of sp³-hybridized carbons (Fsp3) is 0.643. The molecule has 0 unspecified atom stereocenters. The summed E-state index contributed by atoms with van der Waals surface area (Å²) in [5, 5.41) is 10.0. The van der Waals surface area contributed by atoms with Crippen LogP contribution in [0.2, 0.25) is 0 Å². The lowest BCUT2D eigenvalue weighted by molar-refractivity contribution is -0.199. The van der Waals surface area contributed by atoms with E-state index < -0.39 is 60.9 Å². The molecule has 0 aliphatic carbocycles. The Labute approximate surface area is 142 Å². The molecular formula is C14H19FO10. The normalized spacial score (nSPS) is 15.1. The quantitative estimate of drug-likeness (QED) is 0.313. The Morgan fingerprint density at radius 1 is 0.800 bits per heavy atom. The van der Waals surface area contributed by atoms with E-state index in [2.05, 4.69) is 9.47 Å². The molecule has 0 aliphatic rings. The third-order valence-electron chi connectivity index (χ3n) is 2.58. The lowest BCUT2D eigenvalue weighted by Crippen LogP contribution is -2.53. The number of halogens is 1. The Bertz CT molecular complexity index is 532. The van der Waals surface area contributed by atoms with Crippen molar-refractivity contribution >= 4 is 29.9 Å². The van der Waals surface area contributed by atoms with Gasteiger partial charge in [0.2, 0.25) is 6.10 Å². The van der Waals surface area contributed by atoms with E-state index in [4.69, 9.17) is 9.47 Å². The summed E-state index contributed by atoms with van der Waals surface area (Å²) in [6.45, 7) is 2.98. The van der Waals surface area contributed by atoms with E-state index in [1.165, 1.54) is 0 Å². The zero-order chi connectivity index (χ0) is 19.7. The van der Waals surface area contributed by atoms with Gasteiger partial charge in [0, 0.05) is 27.7 Å². The maximum absolute atomic E-state index is 13.3. The zero-order valence-electron chi connectivity index (χ0n) is 14.0. The smallest absolute Gasteiger partial charge is 0.345 e. The molecule has 0 heterocycles. The minimum absolute atomic E-state index is 0.724. The monoisotopic (exact) mass is 366 g/mol. The fourth-order valence-electron chi connectivity index (χ4n) is 1.77. The van der Waals surface area contributed by atoms with Gasteiger partial charge in [-0.2, -0.15) is 4.39 Å². The molecular weight excluding hydrogens is 347 g/mol. The highest BCUT2D eigenvalue weighted by molar-refractivity contribution is 5.79. The third-order valence-corrected chi connectivity index (χ3v) is 2.58.